The SMILES string of the molecule is ClCc1cc(-n2ccnc2)c2ccccc2n1. The van der Waals surface area contributed by atoms with Gasteiger partial charge in [-0.15, -0.1) is 11.6 Å². The van der Waals surface area contributed by atoms with Crippen molar-refractivity contribution < 1.29 is 0 Å². The average molecular weight is 244 g/mol. The van der Waals surface area contributed by atoms with Gasteiger partial charge in [-0.1, -0.05) is 18.2 Å². The Morgan fingerprint density at radius 3 is 2.88 bits per heavy atom. The summed E-state index contributed by atoms with van der Waals surface area (Å²) in [6.45, 7) is 0. The molecule has 3 aromatic rings. The van der Waals surface area contributed by atoms with Crippen LogP contribution >= 0.6 is 11.6 Å². The van der Waals surface area contributed by atoms with E-state index in [9.17, 15) is 0 Å². The van der Waals surface area contributed by atoms with Gasteiger partial charge in [0.1, 0.15) is 0 Å². The van der Waals surface area contributed by atoms with E-state index in [1.54, 1.807) is 12.5 Å². The van der Waals surface area contributed by atoms with E-state index in [2.05, 4.69) is 16.0 Å². The number of halogens is 1. The van der Waals surface area contributed by atoms with Gasteiger partial charge in [-0.3, -0.25) is 4.98 Å². The fourth-order valence-corrected chi connectivity index (χ4v) is 2.03. The number of imidazole rings is 1. The minimum atomic E-state index is 0.409. The summed E-state index contributed by atoms with van der Waals surface area (Å²) in [6.07, 6.45) is 5.45. The highest BCUT2D eigenvalue weighted by molar-refractivity contribution is 6.17. The van der Waals surface area contributed by atoms with Crippen molar-refractivity contribution in [3.63, 3.8) is 0 Å². The van der Waals surface area contributed by atoms with Gasteiger partial charge < -0.3 is 4.57 Å². The van der Waals surface area contributed by atoms with Crippen LogP contribution in [-0.4, -0.2) is 14.5 Å². The number of nitrogens with zero attached hydrogens (tertiary/aromatic N) is 3. The first-order valence-corrected chi connectivity index (χ1v) is 5.85. The first-order chi connectivity index (χ1) is 8.38. The van der Waals surface area contributed by atoms with Crippen LogP contribution in [0.4, 0.5) is 0 Å². The lowest BCUT2D eigenvalue weighted by Crippen LogP contribution is -1.96. The minimum absolute atomic E-state index is 0.409. The van der Waals surface area contributed by atoms with Crippen LogP contribution in [0.25, 0.3) is 16.6 Å². The number of hydrogen-bond acceptors (Lipinski definition) is 2. The number of aromatic nitrogens is 3. The molecule has 0 N–H and O–H groups in total. The van der Waals surface area contributed by atoms with Gasteiger partial charge in [-0.05, 0) is 12.1 Å². The van der Waals surface area contributed by atoms with E-state index >= 15 is 0 Å². The lowest BCUT2D eigenvalue weighted by molar-refractivity contribution is 1.05. The van der Waals surface area contributed by atoms with Crippen LogP contribution in [0.15, 0.2) is 49.1 Å². The number of alkyl halides is 1. The van der Waals surface area contributed by atoms with Gasteiger partial charge in [-0.2, -0.15) is 0 Å². The number of hydrogen-bond donors (Lipinski definition) is 0. The number of rotatable bonds is 2. The molecular formula is C13H10ClN3. The van der Waals surface area contributed by atoms with Gasteiger partial charge in [0.2, 0.25) is 0 Å². The molecule has 2 heterocycles. The highest BCUT2D eigenvalue weighted by atomic mass is 35.5. The fourth-order valence-electron chi connectivity index (χ4n) is 1.89. The van der Waals surface area contributed by atoms with E-state index in [1.807, 2.05) is 35.0 Å². The fraction of sp³-hybridized carbons (Fsp3) is 0.0769. The first kappa shape index (κ1) is 10.3. The molecule has 0 atom stereocenters. The third-order valence-electron chi connectivity index (χ3n) is 2.67. The summed E-state index contributed by atoms with van der Waals surface area (Å²) in [5.41, 5.74) is 2.88. The third kappa shape index (κ3) is 1.78. The molecule has 84 valence electrons. The molecule has 3 nitrogen and oxygen atoms in total. The summed E-state index contributed by atoms with van der Waals surface area (Å²) in [7, 11) is 0. The summed E-state index contributed by atoms with van der Waals surface area (Å²) < 4.78 is 1.97. The lowest BCUT2D eigenvalue weighted by Gasteiger charge is -2.08. The quantitative estimate of drug-likeness (QED) is 0.648. The Kier molecular flexibility index (Phi) is 2.53. The number of pyridine rings is 1. The Bertz CT molecular complexity index is 647. The molecule has 0 aliphatic rings. The summed E-state index contributed by atoms with van der Waals surface area (Å²) in [6, 6.07) is 10.0. The molecule has 0 spiro atoms. The molecule has 0 amide bonds. The smallest absolute Gasteiger partial charge is 0.0991 e. The van der Waals surface area contributed by atoms with E-state index in [1.165, 1.54) is 0 Å². The van der Waals surface area contributed by atoms with Crippen molar-refractivity contribution in [3.8, 4) is 5.69 Å². The predicted octanol–water partition coefficient (Wildman–Crippen LogP) is 3.16. The van der Waals surface area contributed by atoms with Crippen molar-refractivity contribution in [2.24, 2.45) is 0 Å². The van der Waals surface area contributed by atoms with Crippen LogP contribution in [0.2, 0.25) is 0 Å². The zero-order chi connectivity index (χ0) is 11.7. The topological polar surface area (TPSA) is 30.7 Å². The highest BCUT2D eigenvalue weighted by Crippen LogP contribution is 2.22. The maximum absolute atomic E-state index is 5.87. The normalized spacial score (nSPS) is 10.9. The van der Waals surface area contributed by atoms with Gasteiger partial charge in [-0.25, -0.2) is 4.98 Å². The second kappa shape index (κ2) is 4.18. The van der Waals surface area contributed by atoms with E-state index in [4.69, 9.17) is 11.6 Å². The van der Waals surface area contributed by atoms with Crippen molar-refractivity contribution in [1.82, 2.24) is 14.5 Å². The first-order valence-electron chi connectivity index (χ1n) is 5.31. The molecule has 3 rings (SSSR count). The van der Waals surface area contributed by atoms with E-state index < -0.39 is 0 Å². The van der Waals surface area contributed by atoms with E-state index in [-0.39, 0.29) is 0 Å². The van der Waals surface area contributed by atoms with Crippen LogP contribution in [0, 0.1) is 0 Å². The monoisotopic (exact) mass is 243 g/mol. The van der Waals surface area contributed by atoms with Gasteiger partial charge in [0.15, 0.2) is 0 Å². The Labute approximate surface area is 104 Å². The Balaban J connectivity index is 2.35. The molecule has 0 radical (unpaired) electrons. The van der Waals surface area contributed by atoms with Crippen molar-refractivity contribution >= 4 is 22.5 Å². The zero-order valence-electron chi connectivity index (χ0n) is 9.05. The molecule has 0 fully saturated rings. The molecule has 0 bridgehead atoms. The largest absolute Gasteiger partial charge is 0.306 e. The van der Waals surface area contributed by atoms with Gasteiger partial charge in [0.05, 0.1) is 29.1 Å². The number of benzene rings is 1. The van der Waals surface area contributed by atoms with E-state index in [0.29, 0.717) is 5.88 Å². The van der Waals surface area contributed by atoms with Gasteiger partial charge in [0, 0.05) is 17.8 Å². The van der Waals surface area contributed by atoms with Crippen LogP contribution in [-0.2, 0) is 5.88 Å². The van der Waals surface area contributed by atoms with Crippen LogP contribution in [0.5, 0.6) is 0 Å². The van der Waals surface area contributed by atoms with Crippen LogP contribution < -0.4 is 0 Å². The zero-order valence-corrected chi connectivity index (χ0v) is 9.80. The highest BCUT2D eigenvalue weighted by Gasteiger charge is 2.06. The third-order valence-corrected chi connectivity index (χ3v) is 2.94. The standard InChI is InChI=1S/C13H10ClN3/c14-8-10-7-13(17-6-5-15-9-17)11-3-1-2-4-12(11)16-10/h1-7,9H,8H2. The van der Waals surface area contributed by atoms with Crippen molar-refractivity contribution in [2.45, 2.75) is 5.88 Å². The van der Waals surface area contributed by atoms with Gasteiger partial charge >= 0.3 is 0 Å². The lowest BCUT2D eigenvalue weighted by atomic mass is 10.1. The molecule has 17 heavy (non-hydrogen) atoms. The molecular weight excluding hydrogens is 234 g/mol. The Morgan fingerprint density at radius 2 is 2.12 bits per heavy atom. The van der Waals surface area contributed by atoms with Crippen molar-refractivity contribution in [2.75, 3.05) is 0 Å². The molecule has 0 aliphatic carbocycles. The molecule has 0 saturated carbocycles. The Morgan fingerprint density at radius 1 is 1.24 bits per heavy atom. The Hall–Kier alpha value is -1.87. The number of para-hydroxylation sites is 1. The second-order valence-electron chi connectivity index (χ2n) is 3.75. The number of fused-ring (bicyclic) bond motifs is 1. The maximum Gasteiger partial charge on any atom is 0.0991 e. The molecule has 0 aliphatic heterocycles. The van der Waals surface area contributed by atoms with Crippen LogP contribution in [0.3, 0.4) is 0 Å². The van der Waals surface area contributed by atoms with Gasteiger partial charge in [0.25, 0.3) is 0 Å². The predicted molar refractivity (Wildman–Crippen MR) is 68.4 cm³/mol. The second-order valence-corrected chi connectivity index (χ2v) is 4.02. The summed E-state index contributed by atoms with van der Waals surface area (Å²) in [4.78, 5) is 8.57. The average Bonchev–Trinajstić information content (AvgIpc) is 2.91. The molecule has 2 aromatic heterocycles. The summed E-state index contributed by atoms with van der Waals surface area (Å²) in [5, 5.41) is 1.10. The molecule has 0 unspecified atom stereocenters. The van der Waals surface area contributed by atoms with Crippen molar-refractivity contribution in [3.05, 3.63) is 54.7 Å². The van der Waals surface area contributed by atoms with E-state index in [0.717, 1.165) is 22.3 Å². The summed E-state index contributed by atoms with van der Waals surface area (Å²) >= 11 is 5.87. The molecule has 1 aromatic carbocycles. The van der Waals surface area contributed by atoms with Crippen molar-refractivity contribution in [1.29, 1.82) is 0 Å². The minimum Gasteiger partial charge on any atom is -0.306 e. The maximum atomic E-state index is 5.87. The molecule has 4 heteroatoms. The molecule has 0 saturated heterocycles. The summed E-state index contributed by atoms with van der Waals surface area (Å²) in [5.74, 6) is 0.409. The van der Waals surface area contributed by atoms with Crippen LogP contribution in [0.1, 0.15) is 5.69 Å².